The van der Waals surface area contributed by atoms with E-state index in [1.54, 1.807) is 19.1 Å². The first-order chi connectivity index (χ1) is 15.7. The molecule has 8 nitrogen and oxygen atoms in total. The fourth-order valence-corrected chi connectivity index (χ4v) is 3.44. The van der Waals surface area contributed by atoms with Crippen LogP contribution in [0.15, 0.2) is 66.7 Å². The molecule has 0 bridgehead atoms. The number of fused-ring (bicyclic) bond motifs is 2. The second-order valence-corrected chi connectivity index (χ2v) is 7.06. The van der Waals surface area contributed by atoms with Gasteiger partial charge in [0, 0.05) is 28.2 Å². The van der Waals surface area contributed by atoms with E-state index in [0.29, 0.717) is 29.6 Å². The summed E-state index contributed by atoms with van der Waals surface area (Å²) in [4.78, 5) is 11.9. The molecule has 0 unspecified atom stereocenters. The average molecular weight is 428 g/mol. The largest absolute Gasteiger partial charge is 0.462 e. The molecule has 0 aliphatic carbocycles. The number of anilines is 4. The topological polar surface area (TPSA) is 94.6 Å². The summed E-state index contributed by atoms with van der Waals surface area (Å²) in [6.45, 7) is 2.35. The fourth-order valence-electron chi connectivity index (χ4n) is 3.44. The Morgan fingerprint density at radius 3 is 2.19 bits per heavy atom. The highest BCUT2D eigenvalue weighted by Crippen LogP contribution is 2.36. The minimum absolute atomic E-state index is 0.225. The molecule has 32 heavy (non-hydrogen) atoms. The van der Waals surface area contributed by atoms with E-state index in [1.807, 2.05) is 54.6 Å². The Morgan fingerprint density at radius 1 is 0.875 bits per heavy atom. The van der Waals surface area contributed by atoms with Crippen LogP contribution < -0.4 is 20.1 Å². The van der Waals surface area contributed by atoms with E-state index in [4.69, 9.17) is 14.2 Å². The molecule has 160 valence electrons. The van der Waals surface area contributed by atoms with Gasteiger partial charge >= 0.3 is 5.97 Å². The smallest absolute Gasteiger partial charge is 0.338 e. The SMILES string of the molecule is CCOC(=O)c1ccc(Nc2nnc(Nc3ccc4c(c3)OCO4)c3ccccc23)cc1. The van der Waals surface area contributed by atoms with E-state index in [1.165, 1.54) is 0 Å². The quantitative estimate of drug-likeness (QED) is 0.413. The van der Waals surface area contributed by atoms with E-state index in [-0.39, 0.29) is 12.8 Å². The van der Waals surface area contributed by atoms with Gasteiger partial charge in [-0.1, -0.05) is 24.3 Å². The van der Waals surface area contributed by atoms with Crippen molar-refractivity contribution in [3.8, 4) is 11.5 Å². The number of ether oxygens (including phenoxy) is 3. The van der Waals surface area contributed by atoms with Gasteiger partial charge in [-0.15, -0.1) is 10.2 Å². The molecule has 3 aromatic carbocycles. The number of esters is 1. The van der Waals surface area contributed by atoms with Gasteiger partial charge in [0.2, 0.25) is 6.79 Å². The Labute approximate surface area is 184 Å². The molecule has 0 atom stereocenters. The molecule has 2 heterocycles. The molecular weight excluding hydrogens is 408 g/mol. The molecule has 1 aliphatic heterocycles. The van der Waals surface area contributed by atoms with Crippen LogP contribution in [0.5, 0.6) is 11.5 Å². The third-order valence-corrected chi connectivity index (χ3v) is 4.98. The molecule has 1 aliphatic rings. The number of nitrogens with one attached hydrogen (secondary N) is 2. The number of nitrogens with zero attached hydrogens (tertiary/aromatic N) is 2. The van der Waals surface area contributed by atoms with Gasteiger partial charge in [-0.2, -0.15) is 0 Å². The maximum Gasteiger partial charge on any atom is 0.338 e. The average Bonchev–Trinajstić information content (AvgIpc) is 3.29. The summed E-state index contributed by atoms with van der Waals surface area (Å²) in [5.74, 6) is 2.31. The van der Waals surface area contributed by atoms with E-state index in [0.717, 1.165) is 27.9 Å². The van der Waals surface area contributed by atoms with Gasteiger partial charge in [-0.05, 0) is 43.3 Å². The van der Waals surface area contributed by atoms with Crippen molar-refractivity contribution < 1.29 is 19.0 Å². The maximum atomic E-state index is 11.9. The summed E-state index contributed by atoms with van der Waals surface area (Å²) in [5.41, 5.74) is 2.11. The van der Waals surface area contributed by atoms with Crippen molar-refractivity contribution in [2.45, 2.75) is 6.92 Å². The van der Waals surface area contributed by atoms with E-state index >= 15 is 0 Å². The van der Waals surface area contributed by atoms with Crippen molar-refractivity contribution in [3.05, 3.63) is 72.3 Å². The van der Waals surface area contributed by atoms with Gasteiger partial charge in [0.05, 0.1) is 12.2 Å². The predicted molar refractivity (Wildman–Crippen MR) is 121 cm³/mol. The molecule has 0 radical (unpaired) electrons. The molecule has 0 amide bonds. The summed E-state index contributed by atoms with van der Waals surface area (Å²) in [7, 11) is 0. The molecule has 5 rings (SSSR count). The van der Waals surface area contributed by atoms with Crippen LogP contribution in [0.1, 0.15) is 17.3 Å². The Bertz CT molecular complexity index is 1290. The Hall–Kier alpha value is -4.33. The minimum Gasteiger partial charge on any atom is -0.462 e. The molecule has 0 saturated heterocycles. The zero-order valence-corrected chi connectivity index (χ0v) is 17.3. The number of rotatable bonds is 6. The zero-order valence-electron chi connectivity index (χ0n) is 17.3. The lowest BCUT2D eigenvalue weighted by Gasteiger charge is -2.13. The number of aromatic nitrogens is 2. The fraction of sp³-hybridized carbons (Fsp3) is 0.125. The molecule has 0 spiro atoms. The Kier molecular flexibility index (Phi) is 5.17. The lowest BCUT2D eigenvalue weighted by atomic mass is 10.1. The van der Waals surface area contributed by atoms with Crippen LogP contribution in [0.4, 0.5) is 23.0 Å². The predicted octanol–water partition coefficient (Wildman–Crippen LogP) is 5.02. The van der Waals surface area contributed by atoms with Crippen LogP contribution in [-0.2, 0) is 4.74 Å². The number of carbonyl (C=O) groups is 1. The highest BCUT2D eigenvalue weighted by atomic mass is 16.7. The first-order valence-electron chi connectivity index (χ1n) is 10.2. The number of hydrogen-bond acceptors (Lipinski definition) is 8. The van der Waals surface area contributed by atoms with E-state index in [2.05, 4.69) is 20.8 Å². The highest BCUT2D eigenvalue weighted by molar-refractivity contribution is 6.00. The van der Waals surface area contributed by atoms with Crippen molar-refractivity contribution in [2.24, 2.45) is 0 Å². The van der Waals surface area contributed by atoms with Crippen molar-refractivity contribution in [1.29, 1.82) is 0 Å². The zero-order chi connectivity index (χ0) is 21.9. The molecule has 0 fully saturated rings. The van der Waals surface area contributed by atoms with Gasteiger partial charge in [-0.3, -0.25) is 0 Å². The van der Waals surface area contributed by atoms with Crippen LogP contribution >= 0.6 is 0 Å². The van der Waals surface area contributed by atoms with Crippen LogP contribution in [0.2, 0.25) is 0 Å². The summed E-state index contributed by atoms with van der Waals surface area (Å²) in [5, 5.41) is 17.2. The third-order valence-electron chi connectivity index (χ3n) is 4.98. The number of benzene rings is 3. The van der Waals surface area contributed by atoms with Crippen LogP contribution in [-0.4, -0.2) is 29.6 Å². The molecule has 4 aromatic rings. The monoisotopic (exact) mass is 428 g/mol. The molecule has 1 aromatic heterocycles. The van der Waals surface area contributed by atoms with Crippen molar-refractivity contribution in [2.75, 3.05) is 24.0 Å². The second-order valence-electron chi connectivity index (χ2n) is 7.06. The normalized spacial score (nSPS) is 11.9. The third kappa shape index (κ3) is 3.85. The van der Waals surface area contributed by atoms with Crippen molar-refractivity contribution >= 4 is 39.8 Å². The van der Waals surface area contributed by atoms with Crippen molar-refractivity contribution in [1.82, 2.24) is 10.2 Å². The number of carbonyl (C=O) groups excluding carboxylic acids is 1. The standard InChI is InChI=1S/C24H20N4O4/c1-2-30-24(29)15-7-9-16(10-8-15)25-22-18-5-3-4-6-19(18)23(28-27-22)26-17-11-12-20-21(13-17)32-14-31-20/h3-13H,2,14H2,1H3,(H,25,27)(H,26,28). The van der Waals surface area contributed by atoms with Gasteiger partial charge in [-0.25, -0.2) is 4.79 Å². The van der Waals surface area contributed by atoms with Crippen LogP contribution in [0.25, 0.3) is 10.8 Å². The molecular formula is C24H20N4O4. The van der Waals surface area contributed by atoms with Crippen LogP contribution in [0, 0.1) is 0 Å². The van der Waals surface area contributed by atoms with Crippen molar-refractivity contribution in [3.63, 3.8) is 0 Å². The molecule has 8 heteroatoms. The second kappa shape index (κ2) is 8.43. The summed E-state index contributed by atoms with van der Waals surface area (Å²) < 4.78 is 15.8. The van der Waals surface area contributed by atoms with Gasteiger partial charge in [0.15, 0.2) is 23.1 Å². The Morgan fingerprint density at radius 2 is 1.50 bits per heavy atom. The van der Waals surface area contributed by atoms with Gasteiger partial charge < -0.3 is 24.8 Å². The lowest BCUT2D eigenvalue weighted by molar-refractivity contribution is 0.0526. The summed E-state index contributed by atoms with van der Waals surface area (Å²) in [6, 6.07) is 20.5. The van der Waals surface area contributed by atoms with Gasteiger partial charge in [0.1, 0.15) is 0 Å². The number of hydrogen-bond donors (Lipinski definition) is 2. The summed E-state index contributed by atoms with van der Waals surface area (Å²) >= 11 is 0. The first kappa shape index (κ1) is 19.6. The van der Waals surface area contributed by atoms with Gasteiger partial charge in [0.25, 0.3) is 0 Å². The highest BCUT2D eigenvalue weighted by Gasteiger charge is 2.15. The molecule has 2 N–H and O–H groups in total. The van der Waals surface area contributed by atoms with E-state index < -0.39 is 0 Å². The Balaban J connectivity index is 1.41. The maximum absolute atomic E-state index is 11.9. The first-order valence-corrected chi connectivity index (χ1v) is 10.2. The van der Waals surface area contributed by atoms with Crippen LogP contribution in [0.3, 0.4) is 0 Å². The summed E-state index contributed by atoms with van der Waals surface area (Å²) in [6.07, 6.45) is 0. The minimum atomic E-state index is -0.344. The molecule has 0 saturated carbocycles. The lowest BCUT2D eigenvalue weighted by Crippen LogP contribution is -2.05. The van der Waals surface area contributed by atoms with E-state index in [9.17, 15) is 4.79 Å².